The van der Waals surface area contributed by atoms with Crippen molar-refractivity contribution in [3.63, 3.8) is 0 Å². The van der Waals surface area contributed by atoms with Gasteiger partial charge in [-0.05, 0) is 42.0 Å². The summed E-state index contributed by atoms with van der Waals surface area (Å²) >= 11 is 0. The first-order valence-corrected chi connectivity index (χ1v) is 12.0. The minimum absolute atomic E-state index is 0.0125. The van der Waals surface area contributed by atoms with Crippen molar-refractivity contribution in [1.29, 1.82) is 0 Å². The first-order chi connectivity index (χ1) is 16.9. The maximum atomic E-state index is 13.3. The van der Waals surface area contributed by atoms with Crippen molar-refractivity contribution in [3.05, 3.63) is 83.9 Å². The maximum absolute atomic E-state index is 13.3. The highest BCUT2D eigenvalue weighted by molar-refractivity contribution is 7.89. The van der Waals surface area contributed by atoms with Crippen molar-refractivity contribution in [2.75, 3.05) is 27.9 Å². The lowest BCUT2D eigenvalue weighted by Gasteiger charge is -2.21. The lowest BCUT2D eigenvalue weighted by molar-refractivity contribution is -0.121. The molecular weight excluding hydrogens is 470 g/mol. The minimum Gasteiger partial charge on any atom is -0.497 e. The van der Waals surface area contributed by atoms with Gasteiger partial charge in [-0.1, -0.05) is 30.3 Å². The zero-order chi connectivity index (χ0) is 25.3. The van der Waals surface area contributed by atoms with E-state index in [0.29, 0.717) is 22.8 Å². The minimum atomic E-state index is -3.98. The topological polar surface area (TPSA) is 107 Å². The Balaban J connectivity index is 1.78. The van der Waals surface area contributed by atoms with E-state index in [-0.39, 0.29) is 11.4 Å². The predicted octanol–water partition coefficient (Wildman–Crippen LogP) is 3.05. The summed E-state index contributed by atoms with van der Waals surface area (Å²) in [6.45, 7) is -0.418. The third-order valence-electron chi connectivity index (χ3n) is 5.05. The van der Waals surface area contributed by atoms with E-state index in [4.69, 9.17) is 14.2 Å². The van der Waals surface area contributed by atoms with Crippen molar-refractivity contribution < 1.29 is 27.4 Å². The first kappa shape index (κ1) is 25.7. The molecule has 184 valence electrons. The molecule has 0 unspecified atom stereocenters. The number of sulfonamides is 1. The molecular formula is C25H27N3O6S. The number of hydrogen-bond donors (Lipinski definition) is 1. The van der Waals surface area contributed by atoms with E-state index >= 15 is 0 Å². The van der Waals surface area contributed by atoms with Crippen molar-refractivity contribution in [2.24, 2.45) is 5.10 Å². The zero-order valence-corrected chi connectivity index (χ0v) is 20.5. The van der Waals surface area contributed by atoms with Crippen molar-refractivity contribution in [1.82, 2.24) is 9.73 Å². The third-order valence-corrected chi connectivity index (χ3v) is 6.86. The molecule has 0 radical (unpaired) electrons. The molecule has 0 saturated heterocycles. The average molecular weight is 498 g/mol. The molecule has 1 amide bonds. The van der Waals surface area contributed by atoms with Crippen LogP contribution in [0.15, 0.2) is 82.8 Å². The molecule has 0 saturated carbocycles. The van der Waals surface area contributed by atoms with E-state index in [1.165, 1.54) is 32.6 Å². The summed E-state index contributed by atoms with van der Waals surface area (Å²) < 4.78 is 43.4. The Bertz CT molecular complexity index is 1260. The van der Waals surface area contributed by atoms with E-state index in [1.807, 2.05) is 6.07 Å². The number of methoxy groups -OCH3 is 3. The molecule has 0 atom stereocenters. The summed E-state index contributed by atoms with van der Waals surface area (Å²) in [5.41, 5.74) is 3.74. The number of carbonyl (C=O) groups is 1. The summed E-state index contributed by atoms with van der Waals surface area (Å²) in [5, 5.41) is 3.96. The van der Waals surface area contributed by atoms with Crippen LogP contribution in [-0.2, 0) is 21.4 Å². The van der Waals surface area contributed by atoms with E-state index in [9.17, 15) is 13.2 Å². The number of ether oxygens (including phenoxy) is 3. The van der Waals surface area contributed by atoms with Crippen LogP contribution in [-0.4, -0.2) is 52.7 Å². The van der Waals surface area contributed by atoms with Crippen LogP contribution in [0.25, 0.3) is 0 Å². The summed E-state index contributed by atoms with van der Waals surface area (Å²) in [4.78, 5) is 12.7. The Morgan fingerprint density at radius 2 is 1.57 bits per heavy atom. The van der Waals surface area contributed by atoms with Crippen molar-refractivity contribution in [2.45, 2.75) is 11.4 Å². The molecule has 10 heteroatoms. The monoisotopic (exact) mass is 497 g/mol. The van der Waals surface area contributed by atoms with Gasteiger partial charge in [0.25, 0.3) is 5.91 Å². The normalized spacial score (nSPS) is 11.4. The molecule has 3 aromatic rings. The number of nitrogens with zero attached hydrogens (tertiary/aromatic N) is 2. The fourth-order valence-electron chi connectivity index (χ4n) is 3.20. The Kier molecular flexibility index (Phi) is 8.82. The van der Waals surface area contributed by atoms with E-state index in [0.717, 1.165) is 9.87 Å². The lowest BCUT2D eigenvalue weighted by Crippen LogP contribution is -2.39. The molecule has 0 aromatic heterocycles. The van der Waals surface area contributed by atoms with Gasteiger partial charge < -0.3 is 14.2 Å². The van der Waals surface area contributed by atoms with Crippen LogP contribution < -0.4 is 19.6 Å². The molecule has 1 N–H and O–H groups in total. The van der Waals surface area contributed by atoms with Gasteiger partial charge in [-0.15, -0.1) is 0 Å². The highest BCUT2D eigenvalue weighted by atomic mass is 32.2. The molecule has 3 aromatic carbocycles. The van der Waals surface area contributed by atoms with E-state index in [1.54, 1.807) is 61.7 Å². The standard InChI is InChI=1S/C25H27N3O6S/c1-32-21-11-13-23(14-12-21)35(30,31)28(17-19-7-5-4-6-8-19)18-25(29)27-26-16-20-9-10-22(33-2)15-24(20)34-3/h4-16H,17-18H2,1-3H3,(H,27,29)/b26-16-. The first-order valence-electron chi connectivity index (χ1n) is 10.6. The number of benzene rings is 3. The highest BCUT2D eigenvalue weighted by Gasteiger charge is 2.27. The quantitative estimate of drug-likeness (QED) is 0.322. The maximum Gasteiger partial charge on any atom is 0.255 e. The fourth-order valence-corrected chi connectivity index (χ4v) is 4.59. The largest absolute Gasteiger partial charge is 0.497 e. The smallest absolute Gasteiger partial charge is 0.255 e. The number of rotatable bonds is 11. The fraction of sp³-hybridized carbons (Fsp3) is 0.200. The SMILES string of the molecule is COc1ccc(S(=O)(=O)N(CC(=O)N/N=C\c2ccc(OC)cc2OC)Cc2ccccc2)cc1. The Morgan fingerprint density at radius 3 is 2.20 bits per heavy atom. The van der Waals surface area contributed by atoms with Gasteiger partial charge in [0.2, 0.25) is 10.0 Å². The van der Waals surface area contributed by atoms with Gasteiger partial charge in [0.05, 0.1) is 39.0 Å². The Morgan fingerprint density at radius 1 is 0.914 bits per heavy atom. The second-order valence-electron chi connectivity index (χ2n) is 7.34. The zero-order valence-electron chi connectivity index (χ0n) is 19.7. The van der Waals surface area contributed by atoms with Gasteiger partial charge in [0.1, 0.15) is 17.2 Å². The molecule has 0 fully saturated rings. The molecule has 0 heterocycles. The van der Waals surface area contributed by atoms with E-state index in [2.05, 4.69) is 10.5 Å². The van der Waals surface area contributed by atoms with Gasteiger partial charge in [0, 0.05) is 18.2 Å². The van der Waals surface area contributed by atoms with Gasteiger partial charge in [-0.3, -0.25) is 4.79 Å². The predicted molar refractivity (Wildman–Crippen MR) is 132 cm³/mol. The van der Waals surface area contributed by atoms with Crippen LogP contribution in [0.1, 0.15) is 11.1 Å². The van der Waals surface area contributed by atoms with Gasteiger partial charge >= 0.3 is 0 Å². The van der Waals surface area contributed by atoms with Crippen LogP contribution >= 0.6 is 0 Å². The molecule has 9 nitrogen and oxygen atoms in total. The van der Waals surface area contributed by atoms with Crippen LogP contribution in [0.4, 0.5) is 0 Å². The lowest BCUT2D eigenvalue weighted by atomic mass is 10.2. The Labute approximate surface area is 205 Å². The number of amides is 1. The van der Waals surface area contributed by atoms with Crippen LogP contribution in [0, 0.1) is 0 Å². The second-order valence-corrected chi connectivity index (χ2v) is 9.27. The number of carbonyl (C=O) groups excluding carboxylic acids is 1. The van der Waals surface area contributed by atoms with E-state index < -0.39 is 22.5 Å². The van der Waals surface area contributed by atoms with Crippen molar-refractivity contribution >= 4 is 22.1 Å². The molecule has 0 aliphatic heterocycles. The number of hydrogen-bond acceptors (Lipinski definition) is 7. The van der Waals surface area contributed by atoms with Crippen LogP contribution in [0.5, 0.6) is 17.2 Å². The third kappa shape index (κ3) is 6.81. The molecule has 0 aliphatic carbocycles. The second kappa shape index (κ2) is 12.0. The highest BCUT2D eigenvalue weighted by Crippen LogP contribution is 2.23. The summed E-state index contributed by atoms with van der Waals surface area (Å²) in [6, 6.07) is 20.2. The molecule has 3 rings (SSSR count). The van der Waals surface area contributed by atoms with Gasteiger partial charge in [0.15, 0.2) is 0 Å². The Hall–Kier alpha value is -3.89. The average Bonchev–Trinajstić information content (AvgIpc) is 2.89. The number of nitrogens with one attached hydrogen (secondary N) is 1. The van der Waals surface area contributed by atoms with Gasteiger partial charge in [-0.2, -0.15) is 9.41 Å². The summed E-state index contributed by atoms with van der Waals surface area (Å²) in [7, 11) is 0.570. The number of hydrazone groups is 1. The molecule has 35 heavy (non-hydrogen) atoms. The summed E-state index contributed by atoms with van der Waals surface area (Å²) in [5.74, 6) is 1.06. The van der Waals surface area contributed by atoms with Crippen molar-refractivity contribution in [3.8, 4) is 17.2 Å². The molecule has 0 aliphatic rings. The summed E-state index contributed by atoms with van der Waals surface area (Å²) in [6.07, 6.45) is 1.41. The van der Waals surface area contributed by atoms with Gasteiger partial charge in [-0.25, -0.2) is 13.8 Å². The van der Waals surface area contributed by atoms with Crippen LogP contribution in [0.2, 0.25) is 0 Å². The van der Waals surface area contributed by atoms with Crippen LogP contribution in [0.3, 0.4) is 0 Å². The molecule has 0 bridgehead atoms. The molecule has 0 spiro atoms.